The first-order valence-electron chi connectivity index (χ1n) is 7.26. The molecule has 1 aliphatic rings. The lowest BCUT2D eigenvalue weighted by atomic mass is 10.0. The molecule has 1 fully saturated rings. The number of hydrogen-bond acceptors (Lipinski definition) is 3. The zero-order valence-electron chi connectivity index (χ0n) is 11.8. The van der Waals surface area contributed by atoms with Crippen molar-refractivity contribution in [3.8, 4) is 5.75 Å². The minimum Gasteiger partial charge on any atom is -0.497 e. The van der Waals surface area contributed by atoms with Gasteiger partial charge in [0.2, 0.25) is 0 Å². The van der Waals surface area contributed by atoms with Gasteiger partial charge in [-0.25, -0.2) is 0 Å². The molecule has 2 aromatic rings. The molecule has 3 rings (SSSR count). The highest BCUT2D eigenvalue weighted by Gasteiger charge is 2.31. The van der Waals surface area contributed by atoms with Crippen molar-refractivity contribution in [1.29, 1.82) is 0 Å². The third kappa shape index (κ3) is 3.23. The highest BCUT2D eigenvalue weighted by molar-refractivity contribution is 5.30. The van der Waals surface area contributed by atoms with E-state index in [1.165, 1.54) is 18.4 Å². The molecule has 0 aliphatic heterocycles. The van der Waals surface area contributed by atoms with E-state index in [0.717, 1.165) is 30.4 Å². The number of methoxy groups -OCH3 is 1. The molecule has 0 saturated heterocycles. The SMILES string of the molecule is COc1ccc(C(NCCc2ccco2)C2CC2)cc1. The molecule has 1 aromatic heterocycles. The second kappa shape index (κ2) is 6.14. The summed E-state index contributed by atoms with van der Waals surface area (Å²) in [6.45, 7) is 0.945. The summed E-state index contributed by atoms with van der Waals surface area (Å²) in [5, 5.41) is 3.67. The smallest absolute Gasteiger partial charge is 0.118 e. The first-order chi connectivity index (χ1) is 9.86. The van der Waals surface area contributed by atoms with E-state index in [4.69, 9.17) is 9.15 Å². The standard InChI is InChI=1S/C17H21NO2/c1-19-15-8-6-14(7-9-15)17(13-4-5-13)18-11-10-16-3-2-12-20-16/h2-3,6-9,12-13,17-18H,4-5,10-11H2,1H3. The molecule has 106 valence electrons. The van der Waals surface area contributed by atoms with Gasteiger partial charge in [0.05, 0.1) is 13.4 Å². The lowest BCUT2D eigenvalue weighted by Crippen LogP contribution is -2.25. The summed E-state index contributed by atoms with van der Waals surface area (Å²) in [7, 11) is 1.70. The van der Waals surface area contributed by atoms with Gasteiger partial charge >= 0.3 is 0 Å². The topological polar surface area (TPSA) is 34.4 Å². The highest BCUT2D eigenvalue weighted by atomic mass is 16.5. The molecule has 3 nitrogen and oxygen atoms in total. The third-order valence-corrected chi connectivity index (χ3v) is 3.88. The quantitative estimate of drug-likeness (QED) is 0.836. The van der Waals surface area contributed by atoms with E-state index in [2.05, 4.69) is 17.4 Å². The predicted molar refractivity (Wildman–Crippen MR) is 78.9 cm³/mol. The van der Waals surface area contributed by atoms with Gasteiger partial charge in [-0.3, -0.25) is 0 Å². The summed E-state index contributed by atoms with van der Waals surface area (Å²) < 4.78 is 10.6. The third-order valence-electron chi connectivity index (χ3n) is 3.88. The highest BCUT2D eigenvalue weighted by Crippen LogP contribution is 2.41. The summed E-state index contributed by atoms with van der Waals surface area (Å²) >= 11 is 0. The maximum Gasteiger partial charge on any atom is 0.118 e. The minimum atomic E-state index is 0.455. The minimum absolute atomic E-state index is 0.455. The Bertz CT molecular complexity index is 514. The molecule has 1 aliphatic carbocycles. The fourth-order valence-electron chi connectivity index (χ4n) is 2.60. The molecule has 1 aromatic carbocycles. The Balaban J connectivity index is 1.60. The lowest BCUT2D eigenvalue weighted by molar-refractivity contribution is 0.413. The van der Waals surface area contributed by atoms with Crippen LogP contribution in [-0.2, 0) is 6.42 Å². The van der Waals surface area contributed by atoms with Gasteiger partial charge in [0.1, 0.15) is 11.5 Å². The number of nitrogens with one attached hydrogen (secondary N) is 1. The van der Waals surface area contributed by atoms with E-state index < -0.39 is 0 Å². The Morgan fingerprint density at radius 1 is 1.25 bits per heavy atom. The first kappa shape index (κ1) is 13.3. The summed E-state index contributed by atoms with van der Waals surface area (Å²) in [6.07, 6.45) is 5.32. The molecular formula is C17H21NO2. The molecular weight excluding hydrogens is 250 g/mol. The van der Waals surface area contributed by atoms with Crippen LogP contribution in [0.5, 0.6) is 5.75 Å². The number of furan rings is 1. The Morgan fingerprint density at radius 3 is 2.65 bits per heavy atom. The van der Waals surface area contributed by atoms with Crippen LogP contribution in [-0.4, -0.2) is 13.7 Å². The van der Waals surface area contributed by atoms with E-state index in [1.54, 1.807) is 13.4 Å². The fraction of sp³-hybridized carbons (Fsp3) is 0.412. The van der Waals surface area contributed by atoms with Gasteiger partial charge in [-0.05, 0) is 48.6 Å². The van der Waals surface area contributed by atoms with E-state index in [0.29, 0.717) is 6.04 Å². The van der Waals surface area contributed by atoms with Crippen LogP contribution >= 0.6 is 0 Å². The van der Waals surface area contributed by atoms with Crippen molar-refractivity contribution in [1.82, 2.24) is 5.32 Å². The molecule has 3 heteroatoms. The van der Waals surface area contributed by atoms with Gasteiger partial charge < -0.3 is 14.5 Å². The van der Waals surface area contributed by atoms with Crippen LogP contribution in [0.1, 0.15) is 30.2 Å². The zero-order chi connectivity index (χ0) is 13.8. The largest absolute Gasteiger partial charge is 0.497 e. The summed E-state index contributed by atoms with van der Waals surface area (Å²) in [5.41, 5.74) is 1.35. The fourth-order valence-corrected chi connectivity index (χ4v) is 2.60. The summed E-state index contributed by atoms with van der Waals surface area (Å²) in [4.78, 5) is 0. The Labute approximate surface area is 119 Å². The molecule has 1 N–H and O–H groups in total. The van der Waals surface area contributed by atoms with Crippen LogP contribution in [0.25, 0.3) is 0 Å². The molecule has 1 unspecified atom stereocenters. The van der Waals surface area contributed by atoms with Crippen molar-refractivity contribution in [2.24, 2.45) is 5.92 Å². The molecule has 0 amide bonds. The van der Waals surface area contributed by atoms with Crippen molar-refractivity contribution in [3.63, 3.8) is 0 Å². The average molecular weight is 271 g/mol. The molecule has 1 saturated carbocycles. The van der Waals surface area contributed by atoms with Gasteiger partial charge in [0.25, 0.3) is 0 Å². The zero-order valence-corrected chi connectivity index (χ0v) is 11.8. The van der Waals surface area contributed by atoms with Crippen molar-refractivity contribution < 1.29 is 9.15 Å². The summed E-state index contributed by atoms with van der Waals surface area (Å²) in [5.74, 6) is 2.74. The van der Waals surface area contributed by atoms with Crippen molar-refractivity contribution in [2.45, 2.75) is 25.3 Å². The Kier molecular flexibility index (Phi) is 4.07. The van der Waals surface area contributed by atoms with Gasteiger partial charge in [0.15, 0.2) is 0 Å². The summed E-state index contributed by atoms with van der Waals surface area (Å²) in [6, 6.07) is 12.8. The van der Waals surface area contributed by atoms with Crippen LogP contribution in [0.4, 0.5) is 0 Å². The molecule has 1 heterocycles. The monoisotopic (exact) mass is 271 g/mol. The Hall–Kier alpha value is -1.74. The number of ether oxygens (including phenoxy) is 1. The number of hydrogen-bond donors (Lipinski definition) is 1. The van der Waals surface area contributed by atoms with Crippen LogP contribution in [0.15, 0.2) is 47.1 Å². The van der Waals surface area contributed by atoms with E-state index in [1.807, 2.05) is 24.3 Å². The van der Waals surface area contributed by atoms with Gasteiger partial charge in [-0.2, -0.15) is 0 Å². The average Bonchev–Trinajstić information content (AvgIpc) is 3.20. The van der Waals surface area contributed by atoms with Gasteiger partial charge in [-0.1, -0.05) is 12.1 Å². The normalized spacial score (nSPS) is 16.1. The van der Waals surface area contributed by atoms with Crippen LogP contribution in [0, 0.1) is 5.92 Å². The molecule has 20 heavy (non-hydrogen) atoms. The molecule has 1 atom stereocenters. The van der Waals surface area contributed by atoms with Crippen molar-refractivity contribution in [3.05, 3.63) is 54.0 Å². The van der Waals surface area contributed by atoms with Crippen molar-refractivity contribution >= 4 is 0 Å². The van der Waals surface area contributed by atoms with Gasteiger partial charge in [0, 0.05) is 19.0 Å². The maximum atomic E-state index is 5.37. The number of rotatable bonds is 7. The second-order valence-electron chi connectivity index (χ2n) is 5.37. The van der Waals surface area contributed by atoms with Gasteiger partial charge in [-0.15, -0.1) is 0 Å². The maximum absolute atomic E-state index is 5.37. The van der Waals surface area contributed by atoms with Crippen molar-refractivity contribution in [2.75, 3.05) is 13.7 Å². The second-order valence-corrected chi connectivity index (χ2v) is 5.37. The predicted octanol–water partition coefficient (Wildman–Crippen LogP) is 3.57. The van der Waals surface area contributed by atoms with E-state index in [-0.39, 0.29) is 0 Å². The molecule has 0 radical (unpaired) electrons. The van der Waals surface area contributed by atoms with E-state index in [9.17, 15) is 0 Å². The number of benzene rings is 1. The molecule has 0 spiro atoms. The van der Waals surface area contributed by atoms with Crippen LogP contribution in [0.2, 0.25) is 0 Å². The first-order valence-corrected chi connectivity index (χ1v) is 7.26. The van der Waals surface area contributed by atoms with Crippen LogP contribution in [0.3, 0.4) is 0 Å². The Morgan fingerprint density at radius 2 is 2.05 bits per heavy atom. The lowest BCUT2D eigenvalue weighted by Gasteiger charge is -2.19. The van der Waals surface area contributed by atoms with Crippen LogP contribution < -0.4 is 10.1 Å². The molecule has 0 bridgehead atoms. The van der Waals surface area contributed by atoms with E-state index >= 15 is 0 Å².